The van der Waals surface area contributed by atoms with E-state index in [1.54, 1.807) is 22.8 Å². The van der Waals surface area contributed by atoms with E-state index in [1.165, 1.54) is 9.80 Å². The summed E-state index contributed by atoms with van der Waals surface area (Å²) in [7, 11) is 0. The Balaban J connectivity index is 1.24. The molecule has 2 aromatic carbocycles. The van der Waals surface area contributed by atoms with E-state index in [4.69, 9.17) is 11.6 Å². The van der Waals surface area contributed by atoms with Crippen LogP contribution in [0.25, 0.3) is 5.69 Å². The monoisotopic (exact) mass is 591 g/mol. The first kappa shape index (κ1) is 27.3. The van der Waals surface area contributed by atoms with E-state index < -0.39 is 35.6 Å². The number of hydrogen-bond acceptors (Lipinski definition) is 4. The van der Waals surface area contributed by atoms with Gasteiger partial charge in [0.15, 0.2) is 11.6 Å². The second-order valence-corrected chi connectivity index (χ2v) is 11.4. The van der Waals surface area contributed by atoms with E-state index in [0.29, 0.717) is 46.8 Å². The van der Waals surface area contributed by atoms with Crippen LogP contribution in [0.15, 0.2) is 30.3 Å². The predicted octanol–water partition coefficient (Wildman–Crippen LogP) is 6.87. The molecule has 3 aliphatic rings. The normalized spacial score (nSPS) is 20.0. The van der Waals surface area contributed by atoms with Gasteiger partial charge in [0.25, 0.3) is 0 Å². The smallest absolute Gasteiger partial charge is 0.368 e. The summed E-state index contributed by atoms with van der Waals surface area (Å²) in [5.74, 6) is -2.46. The minimum atomic E-state index is -5.16. The largest absolute Gasteiger partial charge is 0.422 e. The van der Waals surface area contributed by atoms with Crippen molar-refractivity contribution in [1.29, 1.82) is 0 Å². The van der Waals surface area contributed by atoms with E-state index >= 15 is 0 Å². The molecule has 2 fully saturated rings. The number of benzene rings is 2. The lowest BCUT2D eigenvalue weighted by Crippen LogP contribution is -2.62. The van der Waals surface area contributed by atoms with Gasteiger partial charge in [-0.05, 0) is 55.7 Å². The maximum absolute atomic E-state index is 14.6. The Bertz CT molecular complexity index is 1470. The van der Waals surface area contributed by atoms with Crippen LogP contribution in [-0.4, -0.2) is 45.0 Å². The molecule has 0 bridgehead atoms. The quantitative estimate of drug-likeness (QED) is 0.312. The number of rotatable bonds is 3. The number of anilines is 1. The summed E-state index contributed by atoms with van der Waals surface area (Å²) in [6.07, 6.45) is -8.43. The molecule has 14 heteroatoms. The lowest BCUT2D eigenvalue weighted by atomic mass is 9.57. The number of nitrogens with zero attached hydrogens (tertiary/aromatic N) is 5. The van der Waals surface area contributed by atoms with Gasteiger partial charge in [-0.3, -0.25) is 9.47 Å². The first-order chi connectivity index (χ1) is 18.7. The SMILES string of the molecule is CC(N1Cc2cc(Cl)ccc2-n2c(nnc2C2CC3(C2)CN(c2ccc(F)c(C(F)(F)F)c2F)C3)C1)C(F)(F)F. The number of halogens is 9. The van der Waals surface area contributed by atoms with Crippen LogP contribution >= 0.6 is 11.6 Å². The zero-order chi connectivity index (χ0) is 28.8. The molecule has 1 aromatic heterocycles. The van der Waals surface area contributed by atoms with Gasteiger partial charge >= 0.3 is 12.4 Å². The van der Waals surface area contributed by atoms with Gasteiger partial charge in [-0.1, -0.05) is 11.6 Å². The Labute approximate surface area is 228 Å². The Kier molecular flexibility index (Phi) is 6.16. The lowest BCUT2D eigenvalue weighted by molar-refractivity contribution is -0.182. The van der Waals surface area contributed by atoms with Crippen molar-refractivity contribution in [1.82, 2.24) is 19.7 Å². The fourth-order valence-corrected chi connectivity index (χ4v) is 6.40. The van der Waals surface area contributed by atoms with Crippen molar-refractivity contribution >= 4 is 17.3 Å². The highest BCUT2D eigenvalue weighted by Crippen LogP contribution is 2.57. The number of aromatic nitrogens is 3. The zero-order valence-corrected chi connectivity index (χ0v) is 21.7. The first-order valence-electron chi connectivity index (χ1n) is 12.5. The molecule has 5 nitrogen and oxygen atoms in total. The van der Waals surface area contributed by atoms with Crippen molar-refractivity contribution in [3.63, 3.8) is 0 Å². The highest BCUT2D eigenvalue weighted by molar-refractivity contribution is 6.30. The van der Waals surface area contributed by atoms with Crippen LogP contribution in [0.3, 0.4) is 0 Å². The van der Waals surface area contributed by atoms with Crippen molar-refractivity contribution in [3.8, 4) is 5.69 Å². The second kappa shape index (κ2) is 9.04. The molecule has 40 heavy (non-hydrogen) atoms. The summed E-state index contributed by atoms with van der Waals surface area (Å²) in [6.45, 7) is 1.58. The summed E-state index contributed by atoms with van der Waals surface area (Å²) in [5, 5.41) is 8.95. The molecule has 1 atom stereocenters. The zero-order valence-electron chi connectivity index (χ0n) is 20.9. The lowest BCUT2D eigenvalue weighted by Gasteiger charge is -2.59. The summed E-state index contributed by atoms with van der Waals surface area (Å²) < 4.78 is 110. The van der Waals surface area contributed by atoms with Gasteiger partial charge in [0, 0.05) is 36.0 Å². The van der Waals surface area contributed by atoms with Crippen molar-refractivity contribution in [2.75, 3.05) is 18.0 Å². The molecule has 3 aromatic rings. The third-order valence-corrected chi connectivity index (χ3v) is 8.48. The molecule has 2 aliphatic heterocycles. The van der Waals surface area contributed by atoms with Crippen molar-refractivity contribution in [3.05, 3.63) is 69.8 Å². The van der Waals surface area contributed by atoms with Crippen LogP contribution in [0.1, 0.15) is 48.5 Å². The van der Waals surface area contributed by atoms with Crippen LogP contribution in [0.4, 0.5) is 40.8 Å². The topological polar surface area (TPSA) is 37.2 Å². The molecular formula is C26H22ClF8N5. The third-order valence-electron chi connectivity index (χ3n) is 8.25. The Morgan fingerprint density at radius 2 is 1.62 bits per heavy atom. The highest BCUT2D eigenvalue weighted by atomic mass is 35.5. The maximum atomic E-state index is 14.6. The minimum Gasteiger partial charge on any atom is -0.368 e. The Morgan fingerprint density at radius 1 is 0.950 bits per heavy atom. The van der Waals surface area contributed by atoms with Crippen molar-refractivity contribution in [2.24, 2.45) is 5.41 Å². The Hall–Kier alpha value is -2.93. The molecule has 0 radical (unpaired) electrons. The summed E-state index contributed by atoms with van der Waals surface area (Å²) >= 11 is 6.18. The van der Waals surface area contributed by atoms with Gasteiger partial charge in [0.2, 0.25) is 0 Å². The molecule has 3 heterocycles. The minimum absolute atomic E-state index is 0.00603. The third kappa shape index (κ3) is 4.41. The fourth-order valence-electron chi connectivity index (χ4n) is 6.20. The molecular weight excluding hydrogens is 570 g/mol. The average molecular weight is 592 g/mol. The Morgan fingerprint density at radius 3 is 2.27 bits per heavy atom. The number of fused-ring (bicyclic) bond motifs is 3. The van der Waals surface area contributed by atoms with E-state index in [1.807, 2.05) is 0 Å². The number of hydrogen-bond donors (Lipinski definition) is 0. The molecule has 6 rings (SSSR count). The molecule has 1 spiro atoms. The molecule has 1 saturated carbocycles. The molecule has 1 saturated heterocycles. The summed E-state index contributed by atoms with van der Waals surface area (Å²) in [5.41, 5.74) is -1.26. The highest BCUT2D eigenvalue weighted by Gasteiger charge is 2.55. The van der Waals surface area contributed by atoms with Gasteiger partial charge in [-0.15, -0.1) is 10.2 Å². The fraction of sp³-hybridized carbons (Fsp3) is 0.462. The van der Waals surface area contributed by atoms with Crippen molar-refractivity contribution in [2.45, 2.75) is 57.2 Å². The van der Waals surface area contributed by atoms with Crippen LogP contribution < -0.4 is 4.90 Å². The molecule has 1 unspecified atom stereocenters. The van der Waals surface area contributed by atoms with E-state index in [0.717, 1.165) is 13.0 Å². The number of alkyl halides is 6. The molecule has 0 N–H and O–H groups in total. The summed E-state index contributed by atoms with van der Waals surface area (Å²) in [6, 6.07) is 4.90. The van der Waals surface area contributed by atoms with Gasteiger partial charge < -0.3 is 4.90 Å². The van der Waals surface area contributed by atoms with E-state index in [9.17, 15) is 35.1 Å². The van der Waals surface area contributed by atoms with Crippen LogP contribution in [0.5, 0.6) is 0 Å². The van der Waals surface area contributed by atoms with Crippen LogP contribution in [0, 0.1) is 17.0 Å². The van der Waals surface area contributed by atoms with E-state index in [2.05, 4.69) is 10.2 Å². The standard InChI is InChI=1S/C26H22ClF8N5/c1-13(25(30,31)32)38-9-14-6-16(27)2-4-18(14)40-20(10-38)36-37-23(40)15-7-24(8-15)11-39(12-24)19-5-3-17(28)21(22(19)29)26(33,34)35/h2-6,13,15H,7-12H2,1H3. The second-order valence-electron chi connectivity index (χ2n) is 10.9. The van der Waals surface area contributed by atoms with E-state index in [-0.39, 0.29) is 43.2 Å². The average Bonchev–Trinajstić information content (AvgIpc) is 3.11. The molecule has 0 amide bonds. The van der Waals surface area contributed by atoms with Crippen LogP contribution in [-0.2, 0) is 19.3 Å². The maximum Gasteiger partial charge on any atom is 0.422 e. The van der Waals surface area contributed by atoms with Gasteiger partial charge in [-0.25, -0.2) is 8.78 Å². The van der Waals surface area contributed by atoms with Gasteiger partial charge in [0.05, 0.1) is 17.9 Å². The van der Waals surface area contributed by atoms with Crippen molar-refractivity contribution < 1.29 is 35.1 Å². The predicted molar refractivity (Wildman–Crippen MR) is 129 cm³/mol. The first-order valence-corrected chi connectivity index (χ1v) is 12.9. The molecule has 214 valence electrons. The van der Waals surface area contributed by atoms with Gasteiger partial charge in [-0.2, -0.15) is 26.3 Å². The van der Waals surface area contributed by atoms with Crippen LogP contribution in [0.2, 0.25) is 5.02 Å². The summed E-state index contributed by atoms with van der Waals surface area (Å²) in [4.78, 5) is 2.73. The van der Waals surface area contributed by atoms with Gasteiger partial charge in [0.1, 0.15) is 23.2 Å². The molecule has 1 aliphatic carbocycles.